The quantitative estimate of drug-likeness (QED) is 0.222. The Morgan fingerprint density at radius 3 is 2.52 bits per heavy atom. The average molecular weight is 575 g/mol. The number of carbonyl (C=O) groups is 3. The summed E-state index contributed by atoms with van der Waals surface area (Å²) in [4.78, 5) is 46.4. The van der Waals surface area contributed by atoms with Crippen LogP contribution in [0, 0.1) is 5.41 Å². The molecule has 0 bridgehead atoms. The Bertz CT molecular complexity index is 1380. The number of rotatable bonds is 11. The number of nitrogens with zero attached hydrogens (tertiary/aromatic N) is 3. The zero-order valence-electron chi connectivity index (χ0n) is 25.3. The number of Topliss-reactive ketones (excluding diaryl/α,β-unsaturated/α-hetero) is 2. The Morgan fingerprint density at radius 2 is 1.86 bits per heavy atom. The fraction of sp³-hybridized carbons (Fsp3) is 0.545. The first-order valence-electron chi connectivity index (χ1n) is 15.2. The molecule has 0 unspecified atom stereocenters. The Kier molecular flexibility index (Phi) is 8.66. The topological polar surface area (TPSA) is 113 Å². The summed E-state index contributed by atoms with van der Waals surface area (Å²) in [5.41, 5.74) is 4.62. The van der Waals surface area contributed by atoms with Crippen LogP contribution in [0.25, 0.3) is 0 Å². The number of benzene rings is 1. The van der Waals surface area contributed by atoms with Gasteiger partial charge in [-0.3, -0.25) is 19.8 Å². The molecule has 1 aliphatic carbocycles. The van der Waals surface area contributed by atoms with Gasteiger partial charge in [0.05, 0.1) is 25.4 Å². The lowest BCUT2D eigenvalue weighted by molar-refractivity contribution is -0.143. The molecule has 1 saturated heterocycles. The third-order valence-electron chi connectivity index (χ3n) is 8.17. The van der Waals surface area contributed by atoms with Crippen molar-refractivity contribution in [2.75, 3.05) is 37.7 Å². The van der Waals surface area contributed by atoms with Crippen molar-refractivity contribution in [2.24, 2.45) is 0 Å². The van der Waals surface area contributed by atoms with Crippen LogP contribution in [0.5, 0.6) is 5.75 Å². The second kappa shape index (κ2) is 12.2. The lowest BCUT2D eigenvalue weighted by Crippen LogP contribution is -2.35. The normalized spacial score (nSPS) is 17.0. The number of carbonyl (C=O) groups excluding carboxylic acids is 3. The van der Waals surface area contributed by atoms with Crippen molar-refractivity contribution in [1.82, 2.24) is 9.88 Å². The number of piperidine rings is 1. The van der Waals surface area contributed by atoms with Crippen LogP contribution in [-0.2, 0) is 26.3 Å². The van der Waals surface area contributed by atoms with Crippen LogP contribution in [0.4, 0.5) is 5.69 Å². The Labute approximate surface area is 248 Å². The molecule has 1 N–H and O–H groups in total. The Morgan fingerprint density at radius 1 is 1.12 bits per heavy atom. The van der Waals surface area contributed by atoms with Gasteiger partial charge < -0.3 is 19.3 Å². The number of ether oxygens (including phenoxy) is 2. The lowest BCUT2D eigenvalue weighted by atomic mass is 9.84. The van der Waals surface area contributed by atoms with E-state index >= 15 is 0 Å². The van der Waals surface area contributed by atoms with Gasteiger partial charge in [0, 0.05) is 67.2 Å². The van der Waals surface area contributed by atoms with Crippen LogP contribution >= 0.6 is 0 Å². The number of amidine groups is 1. The third kappa shape index (κ3) is 6.66. The van der Waals surface area contributed by atoms with E-state index in [0.29, 0.717) is 80.9 Å². The molecule has 2 aliphatic heterocycles. The number of hydrogen-bond acceptors (Lipinski definition) is 8. The summed E-state index contributed by atoms with van der Waals surface area (Å²) in [5, 5.41) is 8.77. The van der Waals surface area contributed by atoms with Gasteiger partial charge in [0.25, 0.3) is 0 Å². The Balaban J connectivity index is 1.40. The highest BCUT2D eigenvalue weighted by atomic mass is 16.5. The molecule has 9 nitrogen and oxygen atoms in total. The SMILES string of the molecule is CCOC(=O)CCCOc1c(N2CCC(=O)CC2)cc(C(=O)CN2Cc3ccc(C4CC4)nc3C2=N)cc1C(C)(C)C. The van der Waals surface area contributed by atoms with E-state index in [1.54, 1.807) is 11.8 Å². The molecule has 3 aliphatic rings. The van der Waals surface area contributed by atoms with E-state index in [4.69, 9.17) is 19.9 Å². The maximum Gasteiger partial charge on any atom is 0.305 e. The summed E-state index contributed by atoms with van der Waals surface area (Å²) in [6.07, 6.45) is 3.97. The largest absolute Gasteiger partial charge is 0.491 e. The standard InChI is InChI=1S/C33H42N4O5/c1-5-41-29(40)7-6-16-42-31-25(33(2,3)4)17-23(18-27(31)36-14-12-24(38)13-15-36)28(39)20-37-19-22-10-11-26(21-8-9-21)35-30(22)32(37)34/h10-11,17-18,21,34H,5-9,12-16,19-20H2,1-4H3. The lowest BCUT2D eigenvalue weighted by Gasteiger charge is -2.33. The first-order chi connectivity index (χ1) is 20.0. The van der Waals surface area contributed by atoms with Gasteiger partial charge in [-0.05, 0) is 49.8 Å². The first-order valence-corrected chi connectivity index (χ1v) is 15.2. The third-order valence-corrected chi connectivity index (χ3v) is 8.17. The predicted octanol–water partition coefficient (Wildman–Crippen LogP) is 5.17. The second-order valence-corrected chi connectivity index (χ2v) is 12.6. The summed E-state index contributed by atoms with van der Waals surface area (Å²) in [5.74, 6) is 1.40. The monoisotopic (exact) mass is 574 g/mol. The number of fused-ring (bicyclic) bond motifs is 1. The van der Waals surface area contributed by atoms with E-state index in [1.165, 1.54) is 0 Å². The highest BCUT2D eigenvalue weighted by Gasteiger charge is 2.33. The fourth-order valence-electron chi connectivity index (χ4n) is 5.62. The molecule has 0 radical (unpaired) electrons. The number of hydrogen-bond donors (Lipinski definition) is 1. The van der Waals surface area contributed by atoms with E-state index in [1.807, 2.05) is 12.1 Å². The van der Waals surface area contributed by atoms with Gasteiger partial charge >= 0.3 is 5.97 Å². The number of ketones is 2. The summed E-state index contributed by atoms with van der Waals surface area (Å²) < 4.78 is 11.4. The molecular weight excluding hydrogens is 532 g/mol. The molecule has 1 saturated carbocycles. The highest BCUT2D eigenvalue weighted by molar-refractivity contribution is 6.05. The van der Waals surface area contributed by atoms with Gasteiger partial charge in [-0.1, -0.05) is 26.8 Å². The molecule has 3 heterocycles. The molecule has 5 rings (SSSR count). The number of nitrogens with one attached hydrogen (secondary N) is 1. The predicted molar refractivity (Wildman–Crippen MR) is 161 cm³/mol. The van der Waals surface area contributed by atoms with Crippen molar-refractivity contribution in [3.05, 3.63) is 52.3 Å². The molecule has 9 heteroatoms. The molecule has 42 heavy (non-hydrogen) atoms. The number of anilines is 1. The van der Waals surface area contributed by atoms with Crippen LogP contribution in [0.3, 0.4) is 0 Å². The zero-order valence-corrected chi connectivity index (χ0v) is 25.3. The van der Waals surface area contributed by atoms with Crippen LogP contribution in [0.1, 0.15) is 105 Å². The first kappa shape index (κ1) is 29.7. The second-order valence-electron chi connectivity index (χ2n) is 12.6. The molecule has 1 aromatic carbocycles. The number of pyridine rings is 1. The number of esters is 1. The molecule has 224 valence electrons. The maximum atomic E-state index is 13.8. The van der Waals surface area contributed by atoms with Gasteiger partial charge in [-0.25, -0.2) is 4.98 Å². The van der Waals surface area contributed by atoms with Gasteiger partial charge in [-0.15, -0.1) is 0 Å². The van der Waals surface area contributed by atoms with Crippen molar-refractivity contribution in [3.8, 4) is 5.75 Å². The van der Waals surface area contributed by atoms with Crippen LogP contribution in [0.15, 0.2) is 24.3 Å². The molecule has 0 atom stereocenters. The van der Waals surface area contributed by atoms with Gasteiger partial charge in [-0.2, -0.15) is 0 Å². The smallest absolute Gasteiger partial charge is 0.305 e. The summed E-state index contributed by atoms with van der Waals surface area (Å²) in [6, 6.07) is 7.91. The van der Waals surface area contributed by atoms with Crippen molar-refractivity contribution in [2.45, 2.75) is 84.1 Å². The van der Waals surface area contributed by atoms with Gasteiger partial charge in [0.1, 0.15) is 23.1 Å². The minimum absolute atomic E-state index is 0.0786. The molecule has 0 spiro atoms. The van der Waals surface area contributed by atoms with Crippen LogP contribution < -0.4 is 9.64 Å². The number of aromatic nitrogens is 1. The molecule has 2 fully saturated rings. The van der Waals surface area contributed by atoms with Crippen molar-refractivity contribution in [3.63, 3.8) is 0 Å². The maximum absolute atomic E-state index is 13.8. The van der Waals surface area contributed by atoms with Crippen molar-refractivity contribution < 1.29 is 23.9 Å². The Hall–Kier alpha value is -3.75. The van der Waals surface area contributed by atoms with E-state index in [0.717, 1.165) is 35.3 Å². The van der Waals surface area contributed by atoms with E-state index in [9.17, 15) is 14.4 Å². The average Bonchev–Trinajstić information content (AvgIpc) is 3.76. The van der Waals surface area contributed by atoms with E-state index < -0.39 is 0 Å². The summed E-state index contributed by atoms with van der Waals surface area (Å²) in [7, 11) is 0. The molecule has 2 aromatic rings. The van der Waals surface area contributed by atoms with Crippen LogP contribution in [0.2, 0.25) is 0 Å². The highest BCUT2D eigenvalue weighted by Crippen LogP contribution is 2.42. The van der Waals surface area contributed by atoms with E-state index in [2.05, 4.69) is 37.8 Å². The molecule has 0 amide bonds. The van der Waals surface area contributed by atoms with E-state index in [-0.39, 0.29) is 35.9 Å². The minimum atomic E-state index is -0.340. The zero-order chi connectivity index (χ0) is 30.0. The minimum Gasteiger partial charge on any atom is -0.491 e. The van der Waals surface area contributed by atoms with Gasteiger partial charge in [0.15, 0.2) is 5.78 Å². The summed E-state index contributed by atoms with van der Waals surface area (Å²) in [6.45, 7) is 10.4. The van der Waals surface area contributed by atoms with Crippen molar-refractivity contribution in [1.29, 1.82) is 5.41 Å². The molecule has 1 aromatic heterocycles. The van der Waals surface area contributed by atoms with Crippen molar-refractivity contribution >= 4 is 29.1 Å². The van der Waals surface area contributed by atoms with Crippen LogP contribution in [-0.4, -0.2) is 66.1 Å². The fourth-order valence-corrected chi connectivity index (χ4v) is 5.62. The molecular formula is C33H42N4O5. The summed E-state index contributed by atoms with van der Waals surface area (Å²) >= 11 is 0. The van der Waals surface area contributed by atoms with Gasteiger partial charge in [0.2, 0.25) is 0 Å².